The van der Waals surface area contributed by atoms with Crippen LogP contribution in [0.2, 0.25) is 0 Å². The van der Waals surface area contributed by atoms with Crippen LogP contribution in [0.3, 0.4) is 0 Å². The molecule has 8 heteroatoms. The first-order chi connectivity index (χ1) is 12.1. The molecule has 1 saturated heterocycles. The summed E-state index contributed by atoms with van der Waals surface area (Å²) in [7, 11) is 0. The van der Waals surface area contributed by atoms with E-state index in [9.17, 15) is 14.4 Å². The number of amides is 2. The molecule has 1 aromatic carbocycles. The number of benzene rings is 1. The van der Waals surface area contributed by atoms with Crippen molar-refractivity contribution in [2.75, 3.05) is 6.61 Å². The number of esters is 1. The van der Waals surface area contributed by atoms with Gasteiger partial charge in [0.1, 0.15) is 0 Å². The van der Waals surface area contributed by atoms with Crippen LogP contribution < -0.4 is 14.8 Å². The van der Waals surface area contributed by atoms with Gasteiger partial charge < -0.3 is 13.9 Å². The second kappa shape index (κ2) is 7.27. The highest BCUT2D eigenvalue weighted by atomic mass is 32.2. The molecule has 0 radical (unpaired) electrons. The topological polar surface area (TPSA) is 94.8 Å². The lowest BCUT2D eigenvalue weighted by atomic mass is 10.2. The zero-order valence-corrected chi connectivity index (χ0v) is 13.9. The summed E-state index contributed by atoms with van der Waals surface area (Å²) in [5.41, 5.74) is 0.633. The number of thioether (sulfide) groups is 1. The standard InChI is InChI=1S/C17H13NO6S/c1-2-22-13-8-10(9-14-15(19)18-17(21)25-14)5-6-11(13)24-16(20)12-4-3-7-23-12/h3-9H,2H2,1H3,(H,18,19,21)/b14-9-. The molecule has 0 bridgehead atoms. The van der Waals surface area contributed by atoms with Crippen molar-refractivity contribution in [3.05, 3.63) is 52.8 Å². The molecule has 2 amide bonds. The quantitative estimate of drug-likeness (QED) is 0.497. The summed E-state index contributed by atoms with van der Waals surface area (Å²) in [4.78, 5) is 35.1. The first-order valence-corrected chi connectivity index (χ1v) is 8.16. The Morgan fingerprint density at radius 3 is 2.76 bits per heavy atom. The minimum absolute atomic E-state index is 0.0752. The average Bonchev–Trinajstić information content (AvgIpc) is 3.20. The second-order valence-electron chi connectivity index (χ2n) is 4.86. The maximum atomic E-state index is 12.0. The van der Waals surface area contributed by atoms with E-state index < -0.39 is 17.1 Å². The van der Waals surface area contributed by atoms with Crippen molar-refractivity contribution in [1.29, 1.82) is 0 Å². The predicted octanol–water partition coefficient (Wildman–Crippen LogP) is 3.22. The van der Waals surface area contributed by atoms with Crippen molar-refractivity contribution in [1.82, 2.24) is 5.32 Å². The molecule has 128 valence electrons. The highest BCUT2D eigenvalue weighted by molar-refractivity contribution is 8.18. The van der Waals surface area contributed by atoms with E-state index in [0.29, 0.717) is 17.9 Å². The van der Waals surface area contributed by atoms with Crippen LogP contribution in [0.25, 0.3) is 6.08 Å². The Labute approximate surface area is 147 Å². The Balaban J connectivity index is 1.85. The Kier molecular flexibility index (Phi) is 4.90. The second-order valence-corrected chi connectivity index (χ2v) is 5.87. The van der Waals surface area contributed by atoms with Crippen LogP contribution in [0.1, 0.15) is 23.0 Å². The fraction of sp³-hybridized carbons (Fsp3) is 0.118. The zero-order valence-electron chi connectivity index (χ0n) is 13.1. The van der Waals surface area contributed by atoms with Gasteiger partial charge in [0.2, 0.25) is 5.76 Å². The molecule has 0 spiro atoms. The number of rotatable bonds is 5. The molecule has 1 aliphatic heterocycles. The number of nitrogens with one attached hydrogen (secondary N) is 1. The Hall–Kier alpha value is -3.00. The molecule has 1 aromatic heterocycles. The summed E-state index contributed by atoms with van der Waals surface area (Å²) in [6.07, 6.45) is 2.94. The van der Waals surface area contributed by atoms with E-state index in [2.05, 4.69) is 5.32 Å². The predicted molar refractivity (Wildman–Crippen MR) is 90.4 cm³/mol. The Bertz CT molecular complexity index is 856. The Morgan fingerprint density at radius 2 is 2.12 bits per heavy atom. The number of imide groups is 1. The molecule has 1 aliphatic rings. The summed E-state index contributed by atoms with van der Waals surface area (Å²) in [5.74, 6) is -0.447. The van der Waals surface area contributed by atoms with E-state index in [0.717, 1.165) is 11.8 Å². The van der Waals surface area contributed by atoms with Gasteiger partial charge in [-0.15, -0.1) is 0 Å². The van der Waals surface area contributed by atoms with Crippen LogP contribution in [0, 0.1) is 0 Å². The van der Waals surface area contributed by atoms with Gasteiger partial charge in [0, 0.05) is 0 Å². The van der Waals surface area contributed by atoms with Gasteiger partial charge in [0.25, 0.3) is 11.1 Å². The third-order valence-corrected chi connectivity index (χ3v) is 3.94. The third kappa shape index (κ3) is 3.92. The number of carbonyl (C=O) groups is 3. The van der Waals surface area contributed by atoms with Crippen molar-refractivity contribution in [3.8, 4) is 11.5 Å². The summed E-state index contributed by atoms with van der Waals surface area (Å²) in [6, 6.07) is 7.90. The lowest BCUT2D eigenvalue weighted by Crippen LogP contribution is -2.17. The van der Waals surface area contributed by atoms with Gasteiger partial charge in [-0.05, 0) is 54.6 Å². The van der Waals surface area contributed by atoms with Crippen LogP contribution in [0.4, 0.5) is 4.79 Å². The fourth-order valence-electron chi connectivity index (χ4n) is 2.08. The van der Waals surface area contributed by atoms with Crippen molar-refractivity contribution in [3.63, 3.8) is 0 Å². The number of hydrogen-bond donors (Lipinski definition) is 1. The summed E-state index contributed by atoms with van der Waals surface area (Å²) >= 11 is 0.824. The number of hydrogen-bond acceptors (Lipinski definition) is 7. The minimum Gasteiger partial charge on any atom is -0.490 e. The molecule has 0 saturated carbocycles. The molecule has 0 aliphatic carbocycles. The first-order valence-electron chi connectivity index (χ1n) is 7.34. The molecule has 1 N–H and O–H groups in total. The van der Waals surface area contributed by atoms with E-state index in [1.807, 2.05) is 0 Å². The molecule has 7 nitrogen and oxygen atoms in total. The van der Waals surface area contributed by atoms with Gasteiger partial charge in [-0.3, -0.25) is 14.9 Å². The molecule has 0 atom stereocenters. The van der Waals surface area contributed by atoms with E-state index >= 15 is 0 Å². The summed E-state index contributed by atoms with van der Waals surface area (Å²) in [5, 5.41) is 1.77. The SMILES string of the molecule is CCOc1cc(/C=C2\SC(=O)NC2=O)ccc1OC(=O)c1ccco1. The van der Waals surface area contributed by atoms with Crippen LogP contribution in [0.5, 0.6) is 11.5 Å². The maximum Gasteiger partial charge on any atom is 0.379 e. The van der Waals surface area contributed by atoms with Crippen LogP contribution >= 0.6 is 11.8 Å². The van der Waals surface area contributed by atoms with E-state index in [1.54, 1.807) is 37.3 Å². The van der Waals surface area contributed by atoms with E-state index in [4.69, 9.17) is 13.9 Å². The highest BCUT2D eigenvalue weighted by Gasteiger charge is 2.25. The highest BCUT2D eigenvalue weighted by Crippen LogP contribution is 2.32. The molecular weight excluding hydrogens is 346 g/mol. The van der Waals surface area contributed by atoms with Crippen LogP contribution in [0.15, 0.2) is 45.9 Å². The van der Waals surface area contributed by atoms with Crippen LogP contribution in [-0.4, -0.2) is 23.7 Å². The van der Waals surface area contributed by atoms with Gasteiger partial charge in [-0.25, -0.2) is 4.79 Å². The van der Waals surface area contributed by atoms with Gasteiger partial charge in [0.15, 0.2) is 11.5 Å². The molecule has 25 heavy (non-hydrogen) atoms. The van der Waals surface area contributed by atoms with Gasteiger partial charge in [-0.1, -0.05) is 6.07 Å². The number of furan rings is 1. The van der Waals surface area contributed by atoms with Crippen molar-refractivity contribution < 1.29 is 28.3 Å². The average molecular weight is 359 g/mol. The normalized spacial score (nSPS) is 15.3. The number of ether oxygens (including phenoxy) is 2. The largest absolute Gasteiger partial charge is 0.490 e. The molecule has 3 rings (SSSR count). The van der Waals surface area contributed by atoms with Crippen molar-refractivity contribution in [2.24, 2.45) is 0 Å². The van der Waals surface area contributed by atoms with E-state index in [-0.39, 0.29) is 16.4 Å². The van der Waals surface area contributed by atoms with Gasteiger partial charge in [-0.2, -0.15) is 0 Å². The van der Waals surface area contributed by atoms with Gasteiger partial charge in [0.05, 0.1) is 17.8 Å². The van der Waals surface area contributed by atoms with Crippen molar-refractivity contribution >= 4 is 35.0 Å². The molecule has 0 unspecified atom stereocenters. The lowest BCUT2D eigenvalue weighted by molar-refractivity contribution is -0.115. The molecule has 1 fully saturated rings. The minimum atomic E-state index is -0.645. The fourth-order valence-corrected chi connectivity index (χ4v) is 2.77. The smallest absolute Gasteiger partial charge is 0.379 e. The number of carbonyl (C=O) groups excluding carboxylic acids is 3. The Morgan fingerprint density at radius 1 is 1.28 bits per heavy atom. The summed E-state index contributed by atoms with van der Waals surface area (Å²) in [6.45, 7) is 2.15. The van der Waals surface area contributed by atoms with E-state index in [1.165, 1.54) is 12.3 Å². The third-order valence-electron chi connectivity index (χ3n) is 3.13. The molecular formula is C17H13NO6S. The first kappa shape index (κ1) is 16.8. The van der Waals surface area contributed by atoms with Crippen LogP contribution in [-0.2, 0) is 4.79 Å². The monoisotopic (exact) mass is 359 g/mol. The summed E-state index contributed by atoms with van der Waals surface area (Å²) < 4.78 is 15.8. The van der Waals surface area contributed by atoms with Gasteiger partial charge >= 0.3 is 5.97 Å². The zero-order chi connectivity index (χ0) is 17.8. The maximum absolute atomic E-state index is 12.0. The lowest BCUT2D eigenvalue weighted by Gasteiger charge is -2.10. The molecule has 2 heterocycles. The van der Waals surface area contributed by atoms with Crippen molar-refractivity contribution in [2.45, 2.75) is 6.92 Å². The molecule has 2 aromatic rings.